The first-order valence-corrected chi connectivity index (χ1v) is 11.3. The Kier molecular flexibility index (Phi) is 6.52. The fourth-order valence-electron chi connectivity index (χ4n) is 4.25. The van der Waals surface area contributed by atoms with Crippen LogP contribution in [0.1, 0.15) is 31.0 Å². The number of amides is 1. The Bertz CT molecular complexity index is 1200. The van der Waals surface area contributed by atoms with E-state index in [-0.39, 0.29) is 11.3 Å². The summed E-state index contributed by atoms with van der Waals surface area (Å²) in [6.07, 6.45) is 0. The maximum Gasteiger partial charge on any atom is 0.300 e. The van der Waals surface area contributed by atoms with Gasteiger partial charge in [0, 0.05) is 35.1 Å². The molecular weight excluding hydrogens is 436 g/mol. The molecule has 1 aliphatic rings. The van der Waals surface area contributed by atoms with Crippen LogP contribution >= 0.6 is 11.6 Å². The molecule has 0 aromatic heterocycles. The second-order valence-corrected chi connectivity index (χ2v) is 8.22. The van der Waals surface area contributed by atoms with Crippen molar-refractivity contribution in [2.45, 2.75) is 19.9 Å². The predicted octanol–water partition coefficient (Wildman–Crippen LogP) is 5.81. The lowest BCUT2D eigenvalue weighted by atomic mass is 9.95. The molecule has 1 unspecified atom stereocenters. The van der Waals surface area contributed by atoms with E-state index in [4.69, 9.17) is 11.6 Å². The Balaban J connectivity index is 1.89. The predicted molar refractivity (Wildman–Crippen MR) is 133 cm³/mol. The molecule has 3 aromatic rings. The number of ketones is 1. The highest BCUT2D eigenvalue weighted by atomic mass is 35.5. The minimum Gasteiger partial charge on any atom is -0.507 e. The summed E-state index contributed by atoms with van der Waals surface area (Å²) in [5, 5.41) is 11.6. The largest absolute Gasteiger partial charge is 0.507 e. The maximum absolute atomic E-state index is 13.2. The molecule has 1 N–H and O–H groups in total. The van der Waals surface area contributed by atoms with E-state index in [2.05, 4.69) is 18.7 Å². The normalized spacial score (nSPS) is 17.4. The number of hydrogen-bond acceptors (Lipinski definition) is 4. The monoisotopic (exact) mass is 460 g/mol. The molecule has 1 heterocycles. The topological polar surface area (TPSA) is 60.9 Å². The highest BCUT2D eigenvalue weighted by molar-refractivity contribution is 6.51. The number of nitrogens with zero attached hydrogens (tertiary/aromatic N) is 2. The van der Waals surface area contributed by atoms with Gasteiger partial charge in [0.15, 0.2) is 0 Å². The number of Topliss-reactive ketones (excluding diaryl/α,β-unsaturated/α-hetero) is 1. The van der Waals surface area contributed by atoms with Gasteiger partial charge in [0.2, 0.25) is 0 Å². The Morgan fingerprint density at radius 2 is 1.61 bits per heavy atom. The number of anilines is 2. The van der Waals surface area contributed by atoms with Crippen LogP contribution in [0.5, 0.6) is 0 Å². The first-order chi connectivity index (χ1) is 16.0. The fraction of sp³-hybridized carbons (Fsp3) is 0.185. The second-order valence-electron chi connectivity index (χ2n) is 7.78. The Morgan fingerprint density at radius 3 is 2.21 bits per heavy atom. The summed E-state index contributed by atoms with van der Waals surface area (Å²) < 4.78 is 0. The first-order valence-electron chi connectivity index (χ1n) is 10.9. The molecule has 0 aliphatic carbocycles. The molecule has 0 bridgehead atoms. The average molecular weight is 461 g/mol. The summed E-state index contributed by atoms with van der Waals surface area (Å²) in [4.78, 5) is 30.0. The summed E-state index contributed by atoms with van der Waals surface area (Å²) >= 11 is 6.19. The van der Waals surface area contributed by atoms with E-state index in [1.807, 2.05) is 30.3 Å². The Morgan fingerprint density at radius 1 is 0.939 bits per heavy atom. The summed E-state index contributed by atoms with van der Waals surface area (Å²) in [6.45, 7) is 5.91. The van der Waals surface area contributed by atoms with Gasteiger partial charge in [-0.15, -0.1) is 0 Å². The van der Waals surface area contributed by atoms with Gasteiger partial charge in [0.1, 0.15) is 5.76 Å². The third kappa shape index (κ3) is 4.24. The van der Waals surface area contributed by atoms with Crippen LogP contribution in [-0.2, 0) is 9.59 Å². The van der Waals surface area contributed by atoms with Gasteiger partial charge >= 0.3 is 0 Å². The molecule has 0 radical (unpaired) electrons. The van der Waals surface area contributed by atoms with E-state index in [1.165, 1.54) is 4.90 Å². The van der Waals surface area contributed by atoms with Crippen molar-refractivity contribution in [1.82, 2.24) is 0 Å². The molecule has 1 amide bonds. The van der Waals surface area contributed by atoms with E-state index in [9.17, 15) is 14.7 Å². The molecular formula is C27H25ClN2O3. The SMILES string of the molecule is CCN(CC)c1ccc(C2/C(=C(\O)c3ccccc3)C(=O)C(=O)N2c2cccc(Cl)c2)cc1. The molecule has 168 valence electrons. The molecule has 4 rings (SSSR count). The number of aliphatic hydroxyl groups is 1. The Labute approximate surface area is 198 Å². The molecule has 0 saturated carbocycles. The van der Waals surface area contributed by atoms with Crippen molar-refractivity contribution in [3.8, 4) is 0 Å². The summed E-state index contributed by atoms with van der Waals surface area (Å²) in [7, 11) is 0. The lowest BCUT2D eigenvalue weighted by Crippen LogP contribution is -2.29. The molecule has 1 aliphatic heterocycles. The van der Waals surface area contributed by atoms with Crippen molar-refractivity contribution >= 4 is 40.4 Å². The van der Waals surface area contributed by atoms with E-state index < -0.39 is 17.7 Å². The van der Waals surface area contributed by atoms with Gasteiger partial charge in [0.25, 0.3) is 11.7 Å². The van der Waals surface area contributed by atoms with Crippen LogP contribution in [0.2, 0.25) is 5.02 Å². The van der Waals surface area contributed by atoms with Crippen LogP contribution in [0, 0.1) is 0 Å². The number of halogens is 1. The van der Waals surface area contributed by atoms with Crippen molar-refractivity contribution in [3.05, 3.63) is 101 Å². The van der Waals surface area contributed by atoms with Gasteiger partial charge < -0.3 is 10.0 Å². The van der Waals surface area contributed by atoms with Crippen LogP contribution in [0.15, 0.2) is 84.4 Å². The van der Waals surface area contributed by atoms with Crippen LogP contribution in [-0.4, -0.2) is 29.9 Å². The van der Waals surface area contributed by atoms with E-state index in [0.29, 0.717) is 16.3 Å². The summed E-state index contributed by atoms with van der Waals surface area (Å²) in [6, 6.07) is 22.6. The standard InChI is InChI=1S/C27H25ClN2O3/c1-3-29(4-2)21-15-13-18(14-16-21)24-23(25(31)19-9-6-5-7-10-19)26(32)27(33)30(24)22-12-8-11-20(28)17-22/h5-17,24,31H,3-4H2,1-2H3/b25-23+. The first kappa shape index (κ1) is 22.6. The van der Waals surface area contributed by atoms with Crippen molar-refractivity contribution in [3.63, 3.8) is 0 Å². The highest BCUT2D eigenvalue weighted by Gasteiger charge is 2.47. The third-order valence-electron chi connectivity index (χ3n) is 5.92. The number of benzene rings is 3. The fourth-order valence-corrected chi connectivity index (χ4v) is 4.43. The zero-order valence-electron chi connectivity index (χ0n) is 18.5. The quantitative estimate of drug-likeness (QED) is 0.286. The van der Waals surface area contributed by atoms with Crippen LogP contribution in [0.25, 0.3) is 5.76 Å². The Hall–Kier alpha value is -3.57. The summed E-state index contributed by atoms with van der Waals surface area (Å²) in [5.41, 5.74) is 2.80. The summed E-state index contributed by atoms with van der Waals surface area (Å²) in [5.74, 6) is -1.63. The van der Waals surface area contributed by atoms with Gasteiger partial charge in [-0.25, -0.2) is 0 Å². The number of carbonyl (C=O) groups is 2. The van der Waals surface area contributed by atoms with Crippen LogP contribution < -0.4 is 9.80 Å². The molecule has 6 heteroatoms. The smallest absolute Gasteiger partial charge is 0.300 e. The number of aliphatic hydroxyl groups excluding tert-OH is 1. The second kappa shape index (κ2) is 9.51. The lowest BCUT2D eigenvalue weighted by molar-refractivity contribution is -0.132. The van der Waals surface area contributed by atoms with Crippen molar-refractivity contribution in [1.29, 1.82) is 0 Å². The van der Waals surface area contributed by atoms with Crippen molar-refractivity contribution in [2.75, 3.05) is 22.9 Å². The van der Waals surface area contributed by atoms with Crippen LogP contribution in [0.4, 0.5) is 11.4 Å². The molecule has 0 spiro atoms. The lowest BCUT2D eigenvalue weighted by Gasteiger charge is -2.27. The molecule has 1 fully saturated rings. The maximum atomic E-state index is 13.2. The van der Waals surface area contributed by atoms with Crippen molar-refractivity contribution < 1.29 is 14.7 Å². The zero-order chi connectivity index (χ0) is 23.5. The van der Waals surface area contributed by atoms with Crippen molar-refractivity contribution in [2.24, 2.45) is 0 Å². The molecule has 1 atom stereocenters. The molecule has 33 heavy (non-hydrogen) atoms. The third-order valence-corrected chi connectivity index (χ3v) is 6.15. The average Bonchev–Trinajstić information content (AvgIpc) is 3.11. The van der Waals surface area contributed by atoms with Gasteiger partial charge in [-0.1, -0.05) is 60.1 Å². The van der Waals surface area contributed by atoms with E-state index in [0.717, 1.165) is 24.3 Å². The van der Waals surface area contributed by atoms with E-state index >= 15 is 0 Å². The van der Waals surface area contributed by atoms with Gasteiger partial charge in [-0.05, 0) is 49.7 Å². The zero-order valence-corrected chi connectivity index (χ0v) is 19.3. The minimum absolute atomic E-state index is 0.0572. The van der Waals surface area contributed by atoms with Gasteiger partial charge in [-0.2, -0.15) is 0 Å². The van der Waals surface area contributed by atoms with Crippen LogP contribution in [0.3, 0.4) is 0 Å². The number of carbonyl (C=O) groups excluding carboxylic acids is 2. The molecule has 3 aromatic carbocycles. The van der Waals surface area contributed by atoms with Gasteiger partial charge in [-0.3, -0.25) is 14.5 Å². The molecule has 5 nitrogen and oxygen atoms in total. The number of rotatable bonds is 6. The molecule has 1 saturated heterocycles. The van der Waals surface area contributed by atoms with Gasteiger partial charge in [0.05, 0.1) is 11.6 Å². The van der Waals surface area contributed by atoms with E-state index in [1.54, 1.807) is 48.5 Å². The highest BCUT2D eigenvalue weighted by Crippen LogP contribution is 2.42. The number of hydrogen-bond donors (Lipinski definition) is 1. The minimum atomic E-state index is -0.783.